The van der Waals surface area contributed by atoms with E-state index in [1.54, 1.807) is 0 Å². The minimum absolute atomic E-state index is 0.104. The Morgan fingerprint density at radius 2 is 0.784 bits per heavy atom. The highest BCUT2D eigenvalue weighted by molar-refractivity contribution is 6.09. The Morgan fingerprint density at radius 3 is 1.11 bits per heavy atom. The SMILES string of the molecule is c1ccc([C@H]2N=C(C3(C4=N[C@H](c5ccccc5)[C@H](c5ccccc5)O4)CC3)O[C@H]2c2ccccc2)cc1. The Balaban J connectivity index is 1.26. The largest absolute Gasteiger partial charge is 0.469 e. The second-order valence-corrected chi connectivity index (χ2v) is 10.1. The molecule has 4 aromatic rings. The molecule has 4 aromatic carbocycles. The zero-order valence-electron chi connectivity index (χ0n) is 20.5. The summed E-state index contributed by atoms with van der Waals surface area (Å²) in [7, 11) is 0. The summed E-state index contributed by atoms with van der Waals surface area (Å²) >= 11 is 0. The fourth-order valence-corrected chi connectivity index (χ4v) is 5.52. The summed E-state index contributed by atoms with van der Waals surface area (Å²) < 4.78 is 13.5. The second-order valence-electron chi connectivity index (χ2n) is 10.1. The van der Waals surface area contributed by atoms with Crippen LogP contribution >= 0.6 is 0 Å². The van der Waals surface area contributed by atoms with Gasteiger partial charge in [-0.15, -0.1) is 0 Å². The minimum Gasteiger partial charge on any atom is -0.469 e. The van der Waals surface area contributed by atoms with Gasteiger partial charge in [0.05, 0.1) is 0 Å². The number of rotatable bonds is 6. The van der Waals surface area contributed by atoms with Crippen molar-refractivity contribution < 1.29 is 9.47 Å². The lowest BCUT2D eigenvalue weighted by Crippen LogP contribution is -2.27. The smallest absolute Gasteiger partial charge is 0.200 e. The predicted molar refractivity (Wildman–Crippen MR) is 145 cm³/mol. The maximum Gasteiger partial charge on any atom is 0.200 e. The summed E-state index contributed by atoms with van der Waals surface area (Å²) in [5.74, 6) is 1.52. The second kappa shape index (κ2) is 9.04. The maximum absolute atomic E-state index is 6.73. The fraction of sp³-hybridized carbons (Fsp3) is 0.212. The van der Waals surface area contributed by atoms with Crippen molar-refractivity contribution in [3.63, 3.8) is 0 Å². The van der Waals surface area contributed by atoms with Gasteiger partial charge in [-0.05, 0) is 35.1 Å². The molecule has 0 N–H and O–H groups in total. The first kappa shape index (κ1) is 22.1. The number of benzene rings is 4. The van der Waals surface area contributed by atoms with E-state index < -0.39 is 5.41 Å². The van der Waals surface area contributed by atoms with E-state index >= 15 is 0 Å². The molecule has 0 aromatic heterocycles. The van der Waals surface area contributed by atoms with Crippen molar-refractivity contribution in [1.82, 2.24) is 0 Å². The van der Waals surface area contributed by atoms with Crippen molar-refractivity contribution in [2.45, 2.75) is 37.1 Å². The van der Waals surface area contributed by atoms with E-state index in [2.05, 4.69) is 97.1 Å². The zero-order chi connectivity index (χ0) is 24.7. The Morgan fingerprint density at radius 1 is 0.459 bits per heavy atom. The normalized spacial score (nSPS) is 25.5. The van der Waals surface area contributed by atoms with Crippen LogP contribution < -0.4 is 0 Å². The molecule has 1 fully saturated rings. The fourth-order valence-electron chi connectivity index (χ4n) is 5.52. The molecule has 2 heterocycles. The topological polar surface area (TPSA) is 43.2 Å². The number of ether oxygens (including phenoxy) is 2. The lowest BCUT2D eigenvalue weighted by molar-refractivity contribution is 0.170. The van der Waals surface area contributed by atoms with Gasteiger partial charge < -0.3 is 9.47 Å². The molecule has 0 amide bonds. The summed E-state index contributed by atoms with van der Waals surface area (Å²) in [6.45, 7) is 0. The van der Waals surface area contributed by atoms with Crippen molar-refractivity contribution in [3.05, 3.63) is 144 Å². The van der Waals surface area contributed by atoms with Gasteiger partial charge in [0.1, 0.15) is 17.5 Å². The molecule has 0 spiro atoms. The number of hydrogen-bond donors (Lipinski definition) is 0. The van der Waals surface area contributed by atoms with E-state index in [4.69, 9.17) is 19.5 Å². The van der Waals surface area contributed by atoms with Gasteiger partial charge in [-0.25, -0.2) is 9.98 Å². The highest BCUT2D eigenvalue weighted by Crippen LogP contribution is 2.57. The van der Waals surface area contributed by atoms with Crippen LogP contribution in [0.5, 0.6) is 0 Å². The third-order valence-corrected chi connectivity index (χ3v) is 7.67. The third kappa shape index (κ3) is 3.93. The Hall–Kier alpha value is -4.18. The Kier molecular flexibility index (Phi) is 5.39. The number of nitrogens with zero attached hydrogens (tertiary/aromatic N) is 2. The Labute approximate surface area is 217 Å². The van der Waals surface area contributed by atoms with E-state index in [0.29, 0.717) is 0 Å². The molecule has 0 radical (unpaired) electrons. The van der Waals surface area contributed by atoms with Crippen molar-refractivity contribution in [2.24, 2.45) is 15.4 Å². The molecule has 1 aliphatic carbocycles. The van der Waals surface area contributed by atoms with Gasteiger partial charge in [-0.3, -0.25) is 0 Å². The molecular formula is C33H28N2O2. The van der Waals surface area contributed by atoms with Crippen LogP contribution in [0.25, 0.3) is 0 Å². The van der Waals surface area contributed by atoms with Gasteiger partial charge in [0.2, 0.25) is 11.8 Å². The van der Waals surface area contributed by atoms with Gasteiger partial charge in [-0.2, -0.15) is 0 Å². The molecule has 37 heavy (non-hydrogen) atoms. The van der Waals surface area contributed by atoms with Gasteiger partial charge in [0.25, 0.3) is 0 Å². The summed E-state index contributed by atoms with van der Waals surface area (Å²) in [5, 5.41) is 0. The molecule has 4 atom stereocenters. The van der Waals surface area contributed by atoms with Crippen LogP contribution in [0.4, 0.5) is 0 Å². The van der Waals surface area contributed by atoms with Gasteiger partial charge in [0, 0.05) is 0 Å². The zero-order valence-corrected chi connectivity index (χ0v) is 20.5. The molecular weight excluding hydrogens is 456 g/mol. The monoisotopic (exact) mass is 484 g/mol. The molecule has 0 bridgehead atoms. The van der Waals surface area contributed by atoms with Crippen LogP contribution in [0.15, 0.2) is 131 Å². The first-order valence-electron chi connectivity index (χ1n) is 13.0. The van der Waals surface area contributed by atoms with Crippen LogP contribution in [0, 0.1) is 5.41 Å². The average Bonchev–Trinajstić information content (AvgIpc) is 3.45. The van der Waals surface area contributed by atoms with Crippen molar-refractivity contribution in [2.75, 3.05) is 0 Å². The van der Waals surface area contributed by atoms with Crippen LogP contribution in [0.3, 0.4) is 0 Å². The lowest BCUT2D eigenvalue weighted by Gasteiger charge is -2.21. The van der Waals surface area contributed by atoms with E-state index in [9.17, 15) is 0 Å². The first-order valence-corrected chi connectivity index (χ1v) is 13.0. The summed E-state index contributed by atoms with van der Waals surface area (Å²) in [4.78, 5) is 10.4. The van der Waals surface area contributed by atoms with E-state index in [1.807, 2.05) is 24.3 Å². The molecule has 3 aliphatic rings. The van der Waals surface area contributed by atoms with Crippen molar-refractivity contribution in [3.8, 4) is 0 Å². The molecule has 182 valence electrons. The first-order chi connectivity index (χ1) is 18.3. The summed E-state index contributed by atoms with van der Waals surface area (Å²) in [6, 6.07) is 41.5. The molecule has 0 saturated heterocycles. The van der Waals surface area contributed by atoms with E-state index in [1.165, 1.54) is 0 Å². The molecule has 4 nitrogen and oxygen atoms in total. The molecule has 0 unspecified atom stereocenters. The predicted octanol–water partition coefficient (Wildman–Crippen LogP) is 7.59. The summed E-state index contributed by atoms with van der Waals surface area (Å²) in [5.41, 5.74) is 4.17. The van der Waals surface area contributed by atoms with Gasteiger partial charge >= 0.3 is 0 Å². The van der Waals surface area contributed by atoms with Gasteiger partial charge in [0.15, 0.2) is 12.2 Å². The molecule has 7 rings (SSSR count). The molecule has 4 heteroatoms. The maximum atomic E-state index is 6.73. The number of hydrogen-bond acceptors (Lipinski definition) is 4. The standard InChI is InChI=1S/C33H28N2O2/c1-5-13-23(14-6-1)27-29(25-17-9-3-10-18-25)36-31(34-27)33(21-22-33)32-35-28(24-15-7-2-8-16-24)30(37-32)26-19-11-4-12-20-26/h1-20,27-30H,21-22H2/t27-,28-,29+,30+/m1/s1. The van der Waals surface area contributed by atoms with Crippen LogP contribution in [-0.4, -0.2) is 11.8 Å². The third-order valence-electron chi connectivity index (χ3n) is 7.67. The highest BCUT2D eigenvalue weighted by Gasteiger charge is 2.60. The van der Waals surface area contributed by atoms with Gasteiger partial charge in [-0.1, -0.05) is 121 Å². The number of aliphatic imine (C=N–C) groups is 2. The van der Waals surface area contributed by atoms with Crippen LogP contribution in [0.1, 0.15) is 59.4 Å². The van der Waals surface area contributed by atoms with Crippen LogP contribution in [0.2, 0.25) is 0 Å². The van der Waals surface area contributed by atoms with E-state index in [-0.39, 0.29) is 24.3 Å². The minimum atomic E-state index is -0.396. The molecule has 1 saturated carbocycles. The lowest BCUT2D eigenvalue weighted by atomic mass is 9.97. The molecule has 2 aliphatic heterocycles. The van der Waals surface area contributed by atoms with Crippen LogP contribution in [-0.2, 0) is 9.47 Å². The van der Waals surface area contributed by atoms with Crippen molar-refractivity contribution in [1.29, 1.82) is 0 Å². The Bertz CT molecular complexity index is 1320. The average molecular weight is 485 g/mol. The highest BCUT2D eigenvalue weighted by atomic mass is 16.5. The summed E-state index contributed by atoms with van der Waals surface area (Å²) in [6.07, 6.45) is 1.51. The quantitative estimate of drug-likeness (QED) is 0.283. The van der Waals surface area contributed by atoms with E-state index in [0.717, 1.165) is 46.9 Å². The van der Waals surface area contributed by atoms with Crippen molar-refractivity contribution >= 4 is 11.8 Å².